The van der Waals surface area contributed by atoms with Crippen LogP contribution in [-0.2, 0) is 6.42 Å². The molecule has 3 nitrogen and oxygen atoms in total. The van der Waals surface area contributed by atoms with E-state index in [0.29, 0.717) is 12.1 Å². The Bertz CT molecular complexity index is 429. The summed E-state index contributed by atoms with van der Waals surface area (Å²) in [6.45, 7) is 13.6. The van der Waals surface area contributed by atoms with Gasteiger partial charge < -0.3 is 5.73 Å². The molecule has 1 aromatic carbocycles. The van der Waals surface area contributed by atoms with Crippen LogP contribution in [0.2, 0.25) is 0 Å². The van der Waals surface area contributed by atoms with Crippen molar-refractivity contribution in [2.24, 2.45) is 5.73 Å². The van der Waals surface area contributed by atoms with E-state index in [-0.39, 0.29) is 6.04 Å². The lowest BCUT2D eigenvalue weighted by Crippen LogP contribution is -2.55. The summed E-state index contributed by atoms with van der Waals surface area (Å²) in [7, 11) is 0. The van der Waals surface area contributed by atoms with Crippen molar-refractivity contribution >= 4 is 0 Å². The molecule has 3 unspecified atom stereocenters. The quantitative estimate of drug-likeness (QED) is 0.904. The summed E-state index contributed by atoms with van der Waals surface area (Å²) in [4.78, 5) is 5.10. The van der Waals surface area contributed by atoms with Crippen molar-refractivity contribution < 1.29 is 0 Å². The van der Waals surface area contributed by atoms with Gasteiger partial charge in [0.05, 0.1) is 0 Å². The maximum absolute atomic E-state index is 6.52. The number of piperazine rings is 1. The van der Waals surface area contributed by atoms with E-state index in [2.05, 4.69) is 61.8 Å². The van der Waals surface area contributed by atoms with Crippen molar-refractivity contribution in [3.63, 3.8) is 0 Å². The van der Waals surface area contributed by atoms with Gasteiger partial charge in [-0.15, -0.1) is 0 Å². The minimum Gasteiger partial charge on any atom is -0.323 e. The smallest absolute Gasteiger partial charge is 0.0450 e. The third-order valence-corrected chi connectivity index (χ3v) is 5.07. The lowest BCUT2D eigenvalue weighted by molar-refractivity contribution is 0.0559. The fourth-order valence-electron chi connectivity index (χ4n) is 3.34. The number of aryl methyl sites for hydroxylation is 1. The lowest BCUT2D eigenvalue weighted by atomic mass is 9.97. The van der Waals surface area contributed by atoms with Gasteiger partial charge in [0.15, 0.2) is 0 Å². The molecule has 0 amide bonds. The third kappa shape index (κ3) is 3.85. The Labute approximate surface area is 130 Å². The lowest BCUT2D eigenvalue weighted by Gasteiger charge is -2.43. The normalized spacial score (nSPS) is 24.0. The van der Waals surface area contributed by atoms with Gasteiger partial charge >= 0.3 is 0 Å². The molecule has 1 fully saturated rings. The molecule has 1 aliphatic heterocycles. The summed E-state index contributed by atoms with van der Waals surface area (Å²) in [6.07, 6.45) is 1.08. The van der Waals surface area contributed by atoms with Crippen LogP contribution in [-0.4, -0.2) is 48.1 Å². The van der Waals surface area contributed by atoms with E-state index >= 15 is 0 Å². The summed E-state index contributed by atoms with van der Waals surface area (Å²) in [6, 6.07) is 9.92. The molecular formula is C18H31N3. The molecule has 3 atom stereocenters. The monoisotopic (exact) mass is 289 g/mol. The van der Waals surface area contributed by atoms with E-state index < -0.39 is 0 Å². The van der Waals surface area contributed by atoms with Crippen LogP contribution in [0.1, 0.15) is 44.9 Å². The molecule has 1 aromatic rings. The second kappa shape index (κ2) is 7.39. The van der Waals surface area contributed by atoms with Crippen molar-refractivity contribution in [1.82, 2.24) is 9.80 Å². The molecule has 3 heteroatoms. The number of hydrogen-bond acceptors (Lipinski definition) is 3. The highest BCUT2D eigenvalue weighted by atomic mass is 15.3. The standard InChI is InChI=1S/C18H31N3/c1-5-16-7-9-17(10-8-16)18(19)15(4)21-12-11-20(6-2)14(3)13-21/h7-10,14-15,18H,5-6,11-13,19H2,1-4H3. The largest absolute Gasteiger partial charge is 0.323 e. The van der Waals surface area contributed by atoms with Gasteiger partial charge in [0.1, 0.15) is 0 Å². The van der Waals surface area contributed by atoms with Crippen LogP contribution in [0, 0.1) is 0 Å². The summed E-state index contributed by atoms with van der Waals surface area (Å²) in [5.41, 5.74) is 9.15. The molecule has 0 spiro atoms. The minimum absolute atomic E-state index is 0.0938. The summed E-state index contributed by atoms with van der Waals surface area (Å²) in [5, 5.41) is 0. The number of likely N-dealkylation sites (N-methyl/N-ethyl adjacent to an activating group) is 1. The molecule has 0 aromatic heterocycles. The second-order valence-corrected chi connectivity index (χ2v) is 6.33. The van der Waals surface area contributed by atoms with Crippen molar-refractivity contribution in [1.29, 1.82) is 0 Å². The first-order chi connectivity index (χ1) is 10.1. The molecule has 21 heavy (non-hydrogen) atoms. The van der Waals surface area contributed by atoms with E-state index in [9.17, 15) is 0 Å². The minimum atomic E-state index is 0.0938. The van der Waals surface area contributed by atoms with Crippen LogP contribution in [0.5, 0.6) is 0 Å². The zero-order valence-corrected chi connectivity index (χ0v) is 14.0. The van der Waals surface area contributed by atoms with Crippen molar-refractivity contribution in [2.45, 2.75) is 52.2 Å². The van der Waals surface area contributed by atoms with E-state index in [4.69, 9.17) is 5.73 Å². The van der Waals surface area contributed by atoms with Gasteiger partial charge in [-0.2, -0.15) is 0 Å². The first-order valence-electron chi connectivity index (χ1n) is 8.39. The highest BCUT2D eigenvalue weighted by Gasteiger charge is 2.28. The van der Waals surface area contributed by atoms with E-state index in [1.807, 2.05) is 0 Å². The van der Waals surface area contributed by atoms with Crippen LogP contribution in [0.15, 0.2) is 24.3 Å². The van der Waals surface area contributed by atoms with Crippen LogP contribution in [0.3, 0.4) is 0 Å². The number of rotatable bonds is 5. The summed E-state index contributed by atoms with van der Waals surface area (Å²) in [5.74, 6) is 0. The average Bonchev–Trinajstić information content (AvgIpc) is 2.53. The number of nitrogens with two attached hydrogens (primary N) is 1. The second-order valence-electron chi connectivity index (χ2n) is 6.33. The van der Waals surface area contributed by atoms with Gasteiger partial charge in [0, 0.05) is 37.8 Å². The highest BCUT2D eigenvalue weighted by molar-refractivity contribution is 5.25. The van der Waals surface area contributed by atoms with E-state index in [0.717, 1.165) is 32.6 Å². The molecule has 118 valence electrons. The van der Waals surface area contributed by atoms with Crippen LogP contribution < -0.4 is 5.73 Å². The molecule has 1 aliphatic rings. The Morgan fingerprint density at radius 1 is 1.19 bits per heavy atom. The fraction of sp³-hybridized carbons (Fsp3) is 0.667. The maximum atomic E-state index is 6.52. The van der Waals surface area contributed by atoms with Gasteiger partial charge in [0.25, 0.3) is 0 Å². The molecule has 0 saturated carbocycles. The van der Waals surface area contributed by atoms with Crippen LogP contribution in [0.25, 0.3) is 0 Å². The van der Waals surface area contributed by atoms with Crippen molar-refractivity contribution in [3.8, 4) is 0 Å². The summed E-state index contributed by atoms with van der Waals surface area (Å²) < 4.78 is 0. The third-order valence-electron chi connectivity index (χ3n) is 5.07. The van der Waals surface area contributed by atoms with Gasteiger partial charge in [-0.3, -0.25) is 9.80 Å². The zero-order valence-electron chi connectivity index (χ0n) is 14.0. The van der Waals surface area contributed by atoms with Crippen LogP contribution in [0.4, 0.5) is 0 Å². The molecule has 1 heterocycles. The Hall–Kier alpha value is -0.900. The van der Waals surface area contributed by atoms with Gasteiger partial charge in [-0.05, 0) is 37.9 Å². The molecule has 2 rings (SSSR count). The highest BCUT2D eigenvalue weighted by Crippen LogP contribution is 2.22. The van der Waals surface area contributed by atoms with Crippen LogP contribution >= 0.6 is 0 Å². The topological polar surface area (TPSA) is 32.5 Å². The van der Waals surface area contributed by atoms with E-state index in [1.54, 1.807) is 0 Å². The predicted molar refractivity (Wildman–Crippen MR) is 90.5 cm³/mol. The van der Waals surface area contributed by atoms with Crippen molar-refractivity contribution in [3.05, 3.63) is 35.4 Å². The molecule has 1 saturated heterocycles. The molecule has 0 radical (unpaired) electrons. The number of hydrogen-bond donors (Lipinski definition) is 1. The van der Waals surface area contributed by atoms with Gasteiger partial charge in [0.2, 0.25) is 0 Å². The average molecular weight is 289 g/mol. The fourth-order valence-corrected chi connectivity index (χ4v) is 3.34. The Kier molecular flexibility index (Phi) is 5.80. The molecule has 0 aliphatic carbocycles. The molecule has 2 N–H and O–H groups in total. The molecule has 0 bridgehead atoms. The first-order valence-corrected chi connectivity index (χ1v) is 8.39. The van der Waals surface area contributed by atoms with Crippen molar-refractivity contribution in [2.75, 3.05) is 26.2 Å². The Morgan fingerprint density at radius 2 is 1.86 bits per heavy atom. The maximum Gasteiger partial charge on any atom is 0.0450 e. The van der Waals surface area contributed by atoms with Gasteiger partial charge in [-0.25, -0.2) is 0 Å². The Balaban J connectivity index is 2.00. The van der Waals surface area contributed by atoms with Gasteiger partial charge in [-0.1, -0.05) is 38.1 Å². The predicted octanol–water partition coefficient (Wildman–Crippen LogP) is 2.66. The SMILES string of the molecule is CCc1ccc(C(N)C(C)N2CCN(CC)C(C)C2)cc1. The first kappa shape index (κ1) is 16.5. The van der Waals surface area contributed by atoms with E-state index in [1.165, 1.54) is 11.1 Å². The number of nitrogens with zero attached hydrogens (tertiary/aromatic N) is 2. The Morgan fingerprint density at radius 3 is 2.38 bits per heavy atom. The molecular weight excluding hydrogens is 258 g/mol. The number of benzene rings is 1. The zero-order chi connectivity index (χ0) is 15.4. The summed E-state index contributed by atoms with van der Waals surface area (Å²) >= 11 is 0.